The molecule has 0 heterocycles. The largest absolute Gasteiger partial charge is 0.389 e. The van der Waals surface area contributed by atoms with Crippen LogP contribution in [0, 0.1) is 5.92 Å². The zero-order valence-corrected chi connectivity index (χ0v) is 7.22. The fourth-order valence-corrected chi connectivity index (χ4v) is 0.738. The van der Waals surface area contributed by atoms with Crippen LogP contribution in [-0.2, 0) is 0 Å². The highest BCUT2D eigenvalue weighted by Crippen LogP contribution is 2.10. The minimum absolute atomic E-state index is 0.289. The van der Waals surface area contributed by atoms with Gasteiger partial charge in [0.1, 0.15) is 0 Å². The third-order valence-corrected chi connectivity index (χ3v) is 1.59. The van der Waals surface area contributed by atoms with Gasteiger partial charge in [0.25, 0.3) is 0 Å². The number of hydrogen-bond acceptors (Lipinski definition) is 1. The molecule has 0 spiro atoms. The number of hydrogen-bond donors (Lipinski definition) is 1. The summed E-state index contributed by atoms with van der Waals surface area (Å²) in [7, 11) is 0. The Balaban J connectivity index is 3.40. The molecule has 0 fully saturated rings. The summed E-state index contributed by atoms with van der Waals surface area (Å²) in [5.41, 5.74) is 0.876. The zero-order valence-electron chi connectivity index (χ0n) is 7.22. The highest BCUT2D eigenvalue weighted by Gasteiger charge is 2.04. The summed E-state index contributed by atoms with van der Waals surface area (Å²) in [6.07, 6.45) is 1.64. The van der Waals surface area contributed by atoms with Gasteiger partial charge in [-0.1, -0.05) is 26.0 Å². The molecule has 0 radical (unpaired) electrons. The molecule has 0 aliphatic carbocycles. The summed E-state index contributed by atoms with van der Waals surface area (Å²) in [5.74, 6) is 0.675. The lowest BCUT2D eigenvalue weighted by molar-refractivity contribution is 0.192. The Bertz CT molecular complexity index is 105. The van der Waals surface area contributed by atoms with Crippen molar-refractivity contribution in [3.05, 3.63) is 12.2 Å². The van der Waals surface area contributed by atoms with Crippen LogP contribution in [0.25, 0.3) is 0 Å². The molecule has 1 unspecified atom stereocenters. The Morgan fingerprint density at radius 3 is 2.20 bits per heavy atom. The topological polar surface area (TPSA) is 20.2 Å². The summed E-state index contributed by atoms with van der Waals surface area (Å²) in [6.45, 7) is 9.86. The fraction of sp³-hybridized carbons (Fsp3) is 0.778. The maximum atomic E-state index is 9.28. The molecule has 1 atom stereocenters. The molecule has 10 heavy (non-hydrogen) atoms. The van der Waals surface area contributed by atoms with Crippen molar-refractivity contribution in [1.82, 2.24) is 0 Å². The van der Waals surface area contributed by atoms with E-state index in [4.69, 9.17) is 0 Å². The standard InChI is InChI=1S/C9H18O/c1-7(2)5-6-9(10)8(3)4/h7,9-10H,3,5-6H2,1-2,4H3. The lowest BCUT2D eigenvalue weighted by Gasteiger charge is -2.10. The average molecular weight is 142 g/mol. The van der Waals surface area contributed by atoms with Gasteiger partial charge in [0.2, 0.25) is 0 Å². The van der Waals surface area contributed by atoms with E-state index in [1.165, 1.54) is 0 Å². The number of rotatable bonds is 4. The molecule has 0 saturated carbocycles. The molecule has 1 heteroatoms. The van der Waals surface area contributed by atoms with Crippen molar-refractivity contribution in [2.75, 3.05) is 0 Å². The summed E-state index contributed by atoms with van der Waals surface area (Å²) in [4.78, 5) is 0. The van der Waals surface area contributed by atoms with Crippen molar-refractivity contribution in [2.45, 2.75) is 39.7 Å². The van der Waals surface area contributed by atoms with Crippen molar-refractivity contribution >= 4 is 0 Å². The van der Waals surface area contributed by atoms with Gasteiger partial charge < -0.3 is 5.11 Å². The molecule has 0 aromatic rings. The molecule has 1 N–H and O–H groups in total. The molecule has 1 nitrogen and oxygen atoms in total. The van der Waals surface area contributed by atoms with Crippen molar-refractivity contribution in [2.24, 2.45) is 5.92 Å². The van der Waals surface area contributed by atoms with Crippen molar-refractivity contribution in [1.29, 1.82) is 0 Å². The monoisotopic (exact) mass is 142 g/mol. The van der Waals surface area contributed by atoms with Gasteiger partial charge in [-0.15, -0.1) is 0 Å². The maximum absolute atomic E-state index is 9.28. The first-order chi connectivity index (χ1) is 4.54. The third-order valence-electron chi connectivity index (χ3n) is 1.59. The lowest BCUT2D eigenvalue weighted by Crippen LogP contribution is -2.08. The van der Waals surface area contributed by atoms with Gasteiger partial charge in [-0.3, -0.25) is 0 Å². The first-order valence-electron chi connectivity index (χ1n) is 3.87. The van der Waals surface area contributed by atoms with Gasteiger partial charge >= 0.3 is 0 Å². The molecule has 0 rings (SSSR count). The molecule has 0 aromatic carbocycles. The zero-order chi connectivity index (χ0) is 8.15. The summed E-state index contributed by atoms with van der Waals surface area (Å²) < 4.78 is 0. The molecule has 0 amide bonds. The van der Waals surface area contributed by atoms with Crippen LogP contribution in [0.5, 0.6) is 0 Å². The van der Waals surface area contributed by atoms with E-state index in [0.29, 0.717) is 5.92 Å². The minimum Gasteiger partial charge on any atom is -0.389 e. The molecule has 0 bridgehead atoms. The van der Waals surface area contributed by atoms with Crippen LogP contribution in [-0.4, -0.2) is 11.2 Å². The van der Waals surface area contributed by atoms with Gasteiger partial charge in [-0.2, -0.15) is 0 Å². The predicted octanol–water partition coefficient (Wildman–Crippen LogP) is 2.36. The first kappa shape index (κ1) is 9.70. The average Bonchev–Trinajstić information content (AvgIpc) is 1.82. The maximum Gasteiger partial charge on any atom is 0.0744 e. The Morgan fingerprint density at radius 2 is 1.90 bits per heavy atom. The second-order valence-corrected chi connectivity index (χ2v) is 3.33. The molecule has 0 aromatic heterocycles. The Labute approximate surface area is 63.8 Å². The normalized spacial score (nSPS) is 13.7. The van der Waals surface area contributed by atoms with Gasteiger partial charge in [0, 0.05) is 0 Å². The van der Waals surface area contributed by atoms with Gasteiger partial charge in [-0.05, 0) is 25.7 Å². The van der Waals surface area contributed by atoms with Crippen LogP contribution in [0.1, 0.15) is 33.6 Å². The van der Waals surface area contributed by atoms with Crippen molar-refractivity contribution in [3.8, 4) is 0 Å². The van der Waals surface area contributed by atoms with Gasteiger partial charge in [-0.25, -0.2) is 0 Å². The second-order valence-electron chi connectivity index (χ2n) is 3.33. The SMILES string of the molecule is C=C(C)C(O)CCC(C)C. The Kier molecular flexibility index (Phi) is 4.37. The highest BCUT2D eigenvalue weighted by molar-refractivity contribution is 4.96. The number of aliphatic hydroxyl groups excluding tert-OH is 1. The van der Waals surface area contributed by atoms with Crippen LogP contribution in [0.4, 0.5) is 0 Å². The lowest BCUT2D eigenvalue weighted by atomic mass is 10.0. The van der Waals surface area contributed by atoms with E-state index in [0.717, 1.165) is 18.4 Å². The predicted molar refractivity (Wildman–Crippen MR) is 44.9 cm³/mol. The fourth-order valence-electron chi connectivity index (χ4n) is 0.738. The Hall–Kier alpha value is -0.300. The Morgan fingerprint density at radius 1 is 1.40 bits per heavy atom. The van der Waals surface area contributed by atoms with Crippen LogP contribution in [0.2, 0.25) is 0 Å². The van der Waals surface area contributed by atoms with E-state index in [9.17, 15) is 5.11 Å². The van der Waals surface area contributed by atoms with E-state index in [1.807, 2.05) is 6.92 Å². The van der Waals surface area contributed by atoms with Gasteiger partial charge in [0.15, 0.2) is 0 Å². The van der Waals surface area contributed by atoms with Crippen LogP contribution in [0.3, 0.4) is 0 Å². The molecular weight excluding hydrogens is 124 g/mol. The summed E-state index contributed by atoms with van der Waals surface area (Å²) in [6, 6.07) is 0. The van der Waals surface area contributed by atoms with Crippen LogP contribution < -0.4 is 0 Å². The quantitative estimate of drug-likeness (QED) is 0.597. The number of aliphatic hydroxyl groups is 1. The first-order valence-corrected chi connectivity index (χ1v) is 3.87. The van der Waals surface area contributed by atoms with Crippen LogP contribution in [0.15, 0.2) is 12.2 Å². The summed E-state index contributed by atoms with van der Waals surface area (Å²) in [5, 5.41) is 9.28. The van der Waals surface area contributed by atoms with E-state index in [2.05, 4.69) is 20.4 Å². The van der Waals surface area contributed by atoms with E-state index in [-0.39, 0.29) is 6.10 Å². The second kappa shape index (κ2) is 4.51. The van der Waals surface area contributed by atoms with Crippen molar-refractivity contribution < 1.29 is 5.11 Å². The van der Waals surface area contributed by atoms with E-state index < -0.39 is 0 Å². The van der Waals surface area contributed by atoms with E-state index in [1.54, 1.807) is 0 Å². The summed E-state index contributed by atoms with van der Waals surface area (Å²) >= 11 is 0. The molecule has 0 aliphatic heterocycles. The van der Waals surface area contributed by atoms with Crippen LogP contribution >= 0.6 is 0 Å². The third kappa shape index (κ3) is 4.57. The smallest absolute Gasteiger partial charge is 0.0744 e. The molecular formula is C9H18O. The van der Waals surface area contributed by atoms with Crippen molar-refractivity contribution in [3.63, 3.8) is 0 Å². The molecule has 0 saturated heterocycles. The molecule has 60 valence electrons. The highest BCUT2D eigenvalue weighted by atomic mass is 16.3. The minimum atomic E-state index is -0.289. The van der Waals surface area contributed by atoms with Gasteiger partial charge in [0.05, 0.1) is 6.10 Å². The molecule has 0 aliphatic rings. The van der Waals surface area contributed by atoms with E-state index >= 15 is 0 Å².